The van der Waals surface area contributed by atoms with Crippen LogP contribution in [0.4, 0.5) is 0 Å². The van der Waals surface area contributed by atoms with Crippen LogP contribution < -0.4 is 0 Å². The van der Waals surface area contributed by atoms with Crippen LogP contribution in [0.25, 0.3) is 22.5 Å². The fraction of sp³-hybridized carbons (Fsp3) is 0.458. The monoisotopic (exact) mass is 1070 g/mol. The lowest BCUT2D eigenvalue weighted by Crippen LogP contribution is -2.49. The van der Waals surface area contributed by atoms with Gasteiger partial charge in [0.25, 0.3) is 0 Å². The number of carbonyl (C=O) groups is 2. The summed E-state index contributed by atoms with van der Waals surface area (Å²) in [4.78, 5) is 40.2. The van der Waals surface area contributed by atoms with Gasteiger partial charge in [-0.1, -0.05) is 178 Å². The summed E-state index contributed by atoms with van der Waals surface area (Å²) in [5.74, 6) is -0.142. The average molecular weight is 1080 g/mol. The number of aliphatic hydroxyl groups is 2. The van der Waals surface area contributed by atoms with Crippen LogP contribution in [0.15, 0.2) is 134 Å². The molecule has 404 valence electrons. The van der Waals surface area contributed by atoms with Gasteiger partial charge in [-0.15, -0.1) is 35.6 Å². The van der Waals surface area contributed by atoms with E-state index in [0.717, 1.165) is 39.7 Å². The highest BCUT2D eigenvalue weighted by Crippen LogP contribution is 2.42. The molecule has 2 N–H and O–H groups in total. The number of alkyl halides is 2. The Labute approximate surface area is 457 Å². The molecule has 0 spiro atoms. The van der Waals surface area contributed by atoms with Crippen molar-refractivity contribution in [3.8, 4) is 22.5 Å². The summed E-state index contributed by atoms with van der Waals surface area (Å²) in [6.45, 7) is 18.9. The van der Waals surface area contributed by atoms with Crippen LogP contribution in [-0.2, 0) is 32.2 Å². The molecule has 0 bridgehead atoms. The molecule has 2 aromatic heterocycles. The number of nitrogens with zero attached hydrogens (tertiary/aromatic N) is 6. The number of aromatic nitrogens is 4. The summed E-state index contributed by atoms with van der Waals surface area (Å²) in [5, 5.41) is 19.5. The molecule has 12 nitrogen and oxygen atoms in total. The van der Waals surface area contributed by atoms with Crippen molar-refractivity contribution in [1.82, 2.24) is 28.9 Å². The standard InChI is InChI=1S/C30H38ClN3O3.C27H34ClN3O3.2CH4.ClH/c1-29(2,3)27(34(26(35)16-31)18-23-20-36-30(4,5)37-21-23)28-32-25(24-14-10-7-11-15-24)19-33(28)17-22-12-8-6-9-13-22;1-27(2,3)25(31(24(34)14-28)16-21(18-32)19-33)26-29-23(22-12-8-5-9-13-22)17-30(26)15-20-10-6-4-7-11-20;;;/h6-15,19,23,27H,16-18,20-21H2,1-5H3;4-13,17,21,25,32-33H,14-16,18-19H2,1-3H3;2*1H4;1H/t27-;25-;;;/m00.../s1. The molecule has 0 aliphatic carbocycles. The molecule has 7 rings (SSSR count). The van der Waals surface area contributed by atoms with E-state index in [2.05, 4.69) is 93.3 Å². The summed E-state index contributed by atoms with van der Waals surface area (Å²) in [5.41, 5.74) is 5.30. The van der Waals surface area contributed by atoms with Crippen molar-refractivity contribution >= 4 is 47.4 Å². The van der Waals surface area contributed by atoms with Gasteiger partial charge in [-0.3, -0.25) is 9.59 Å². The van der Waals surface area contributed by atoms with Gasteiger partial charge in [0, 0.05) is 74.7 Å². The van der Waals surface area contributed by atoms with E-state index in [4.69, 9.17) is 42.6 Å². The van der Waals surface area contributed by atoms with Gasteiger partial charge >= 0.3 is 0 Å². The zero-order valence-electron chi connectivity index (χ0n) is 43.0. The van der Waals surface area contributed by atoms with Gasteiger partial charge in [0.1, 0.15) is 23.4 Å². The van der Waals surface area contributed by atoms with Gasteiger partial charge in [0.05, 0.1) is 36.7 Å². The largest absolute Gasteiger partial charge is 0.396 e. The lowest BCUT2D eigenvalue weighted by atomic mass is 9.84. The number of halogens is 3. The zero-order chi connectivity index (χ0) is 51.3. The summed E-state index contributed by atoms with van der Waals surface area (Å²) in [6, 6.07) is 39.8. The zero-order valence-corrected chi connectivity index (χ0v) is 45.3. The molecule has 4 aromatic carbocycles. The topological polar surface area (TPSA) is 135 Å². The molecule has 2 atom stereocenters. The van der Waals surface area contributed by atoms with E-state index in [-0.39, 0.29) is 88.0 Å². The van der Waals surface area contributed by atoms with Crippen molar-refractivity contribution in [3.63, 3.8) is 0 Å². The molecule has 3 heterocycles. The molecule has 0 radical (unpaired) electrons. The fourth-order valence-electron chi connectivity index (χ4n) is 9.01. The molecule has 0 unspecified atom stereocenters. The highest BCUT2D eigenvalue weighted by molar-refractivity contribution is 6.27. The maximum atomic E-state index is 13.4. The van der Waals surface area contributed by atoms with Gasteiger partial charge in [0.2, 0.25) is 11.8 Å². The number of benzene rings is 4. The number of imidazole rings is 2. The molecule has 74 heavy (non-hydrogen) atoms. The first-order valence-electron chi connectivity index (χ1n) is 24.4. The minimum absolute atomic E-state index is 0. The highest BCUT2D eigenvalue weighted by atomic mass is 35.5. The number of hydrogen-bond acceptors (Lipinski definition) is 8. The first kappa shape index (κ1) is 63.2. The number of ether oxygens (including phenoxy) is 2. The average Bonchev–Trinajstić information content (AvgIpc) is 3.96. The third-order valence-electron chi connectivity index (χ3n) is 12.5. The molecule has 1 aliphatic heterocycles. The van der Waals surface area contributed by atoms with Gasteiger partial charge < -0.3 is 38.6 Å². The van der Waals surface area contributed by atoms with Crippen LogP contribution in [0, 0.1) is 22.7 Å². The lowest BCUT2D eigenvalue weighted by Gasteiger charge is -2.43. The summed E-state index contributed by atoms with van der Waals surface area (Å²) >= 11 is 12.2. The second-order valence-electron chi connectivity index (χ2n) is 20.9. The predicted octanol–water partition coefficient (Wildman–Crippen LogP) is 12.2. The number of hydrogen-bond donors (Lipinski definition) is 2. The predicted molar refractivity (Wildman–Crippen MR) is 304 cm³/mol. The van der Waals surface area contributed by atoms with E-state index in [1.807, 2.05) is 110 Å². The number of aliphatic hydroxyl groups excluding tert-OH is 2. The van der Waals surface area contributed by atoms with Crippen molar-refractivity contribution in [2.45, 2.75) is 101 Å². The Morgan fingerprint density at radius 3 is 1.34 bits per heavy atom. The maximum absolute atomic E-state index is 13.4. The Morgan fingerprint density at radius 1 is 0.635 bits per heavy atom. The molecule has 1 fully saturated rings. The Hall–Kier alpha value is -5.05. The Balaban J connectivity index is 0.000000376. The maximum Gasteiger partial charge on any atom is 0.238 e. The third-order valence-corrected chi connectivity index (χ3v) is 13.0. The Bertz CT molecular complexity index is 2570. The van der Waals surface area contributed by atoms with E-state index in [9.17, 15) is 19.8 Å². The van der Waals surface area contributed by atoms with Gasteiger partial charge in [-0.2, -0.15) is 0 Å². The van der Waals surface area contributed by atoms with Crippen molar-refractivity contribution in [2.75, 3.05) is 51.3 Å². The van der Waals surface area contributed by atoms with Crippen LogP contribution in [-0.4, -0.2) is 108 Å². The summed E-state index contributed by atoms with van der Waals surface area (Å²) < 4.78 is 16.1. The molecule has 2 amide bonds. The van der Waals surface area contributed by atoms with E-state index in [1.54, 1.807) is 4.90 Å². The lowest BCUT2D eigenvalue weighted by molar-refractivity contribution is -0.263. The van der Waals surface area contributed by atoms with E-state index >= 15 is 0 Å². The smallest absolute Gasteiger partial charge is 0.238 e. The summed E-state index contributed by atoms with van der Waals surface area (Å²) in [6.07, 6.45) is 4.12. The molecule has 15 heteroatoms. The normalized spacial score (nSPS) is 14.3. The van der Waals surface area contributed by atoms with Gasteiger partial charge in [-0.05, 0) is 35.8 Å². The van der Waals surface area contributed by atoms with Crippen molar-refractivity contribution < 1.29 is 29.3 Å². The second-order valence-corrected chi connectivity index (χ2v) is 21.5. The molecular weight excluding hydrogens is 995 g/mol. The van der Waals surface area contributed by atoms with Crippen molar-refractivity contribution in [2.24, 2.45) is 22.7 Å². The summed E-state index contributed by atoms with van der Waals surface area (Å²) in [7, 11) is 0. The first-order valence-corrected chi connectivity index (χ1v) is 25.5. The van der Waals surface area contributed by atoms with E-state index < -0.39 is 23.2 Å². The van der Waals surface area contributed by atoms with Crippen LogP contribution >= 0.6 is 35.6 Å². The Kier molecular flexibility index (Phi) is 24.6. The Morgan fingerprint density at radius 2 is 0.986 bits per heavy atom. The molecule has 6 aromatic rings. The van der Waals surface area contributed by atoms with Crippen LogP contribution in [0.5, 0.6) is 0 Å². The number of carbonyl (C=O) groups excluding carboxylic acids is 2. The minimum atomic E-state index is -0.613. The van der Waals surface area contributed by atoms with Crippen molar-refractivity contribution in [3.05, 3.63) is 156 Å². The molecule has 1 saturated heterocycles. The SMILES string of the molecule is C.C.CC(C)(C)[C@H](c1nc(-c2ccccc2)cn1Cc1ccccc1)N(CC(CO)CO)C(=O)CCl.CC1(C)OCC(CN(C(=O)CCl)[C@@H](c2nc(-c3ccccc3)cn2Cc2ccccc2)C(C)(C)C)CO1.Cl. The van der Waals surface area contributed by atoms with Crippen LogP contribution in [0.1, 0.15) is 105 Å². The minimum Gasteiger partial charge on any atom is -0.396 e. The molecule has 0 saturated carbocycles. The second kappa shape index (κ2) is 28.7. The quantitative estimate of drug-likeness (QED) is 0.0813. The number of amides is 2. The van der Waals surface area contributed by atoms with Gasteiger partial charge in [0.15, 0.2) is 5.79 Å². The van der Waals surface area contributed by atoms with Gasteiger partial charge in [-0.25, -0.2) is 9.97 Å². The highest BCUT2D eigenvalue weighted by Gasteiger charge is 2.41. The van der Waals surface area contributed by atoms with E-state index in [1.165, 1.54) is 5.56 Å². The number of rotatable bonds is 18. The molecule has 1 aliphatic rings. The first-order chi connectivity index (χ1) is 33.8. The van der Waals surface area contributed by atoms with E-state index in [0.29, 0.717) is 32.8 Å². The van der Waals surface area contributed by atoms with Crippen LogP contribution in [0.2, 0.25) is 0 Å². The van der Waals surface area contributed by atoms with Crippen molar-refractivity contribution in [1.29, 1.82) is 0 Å². The third kappa shape index (κ3) is 17.0. The van der Waals surface area contributed by atoms with Crippen LogP contribution in [0.3, 0.4) is 0 Å². The molecular formula is C59H81Cl3N6O6. The fourth-order valence-corrected chi connectivity index (χ4v) is 9.32.